The molecule has 17 aromatic rings. The van der Waals surface area contributed by atoms with Gasteiger partial charge < -0.3 is 19.6 Å². The highest BCUT2D eigenvalue weighted by molar-refractivity contribution is 6.01. The second-order valence-electron chi connectivity index (χ2n) is 25.7. The fourth-order valence-corrected chi connectivity index (χ4v) is 14.2. The van der Waals surface area contributed by atoms with Crippen LogP contribution < -0.4 is 19.6 Å². The smallest absolute Gasteiger partial charge is 0.0540 e. The largest absolute Gasteiger partial charge is 0.311 e. The first-order valence-corrected chi connectivity index (χ1v) is 34.9. The Hall–Kier alpha value is -13.5. The third kappa shape index (κ3) is 12.8. The van der Waals surface area contributed by atoms with Crippen LogP contribution in [0.5, 0.6) is 0 Å². The average Bonchev–Trinajstić information content (AvgIpc) is 0.792. The van der Waals surface area contributed by atoms with E-state index >= 15 is 0 Å². The first-order valence-electron chi connectivity index (χ1n) is 34.9. The Morgan fingerprint density at radius 1 is 0.108 bits per heavy atom. The minimum atomic E-state index is 1.07. The summed E-state index contributed by atoms with van der Waals surface area (Å²) in [6.07, 6.45) is 0. The second-order valence-corrected chi connectivity index (χ2v) is 25.7. The maximum atomic E-state index is 2.35. The second kappa shape index (κ2) is 28.1. The van der Waals surface area contributed by atoms with Crippen molar-refractivity contribution in [2.45, 2.75) is 0 Å². The molecule has 0 aromatic heterocycles. The maximum Gasteiger partial charge on any atom is 0.0540 e. The molecular formula is C98H70N4. The standard InChI is InChI=1S/C98H70N4/c1-5-19-71(20-6-1)75-39-55-87(56-40-75)99(91-63-47-79(48-64-91)81-51-67-93(68-52-81)101(85-27-9-3-10-28-85)97-33-17-25-83-23-13-15-31-95(83)97)89-59-43-77(44-60-89)73-35-37-74(38-36-73)78-45-61-90(62-46-78)100(88-57-41-76(42-58-88)72-21-7-2-8-22-72)92-65-49-80(50-66-92)82-53-69-94(70-54-82)102(86-29-11-4-12-30-86)98-34-18-26-84-24-14-16-32-96(84)98/h1-70H. The van der Waals surface area contributed by atoms with Crippen molar-refractivity contribution in [1.82, 2.24) is 0 Å². The van der Waals surface area contributed by atoms with Crippen LogP contribution in [0.3, 0.4) is 0 Å². The summed E-state index contributed by atoms with van der Waals surface area (Å²) in [5.41, 5.74) is 27.1. The van der Waals surface area contributed by atoms with Crippen molar-refractivity contribution in [1.29, 1.82) is 0 Å². The van der Waals surface area contributed by atoms with E-state index in [9.17, 15) is 0 Å². The molecule has 0 saturated carbocycles. The lowest BCUT2D eigenvalue weighted by Crippen LogP contribution is -2.10. The minimum Gasteiger partial charge on any atom is -0.311 e. The summed E-state index contributed by atoms with van der Waals surface area (Å²) in [4.78, 5) is 9.41. The highest BCUT2D eigenvalue weighted by Gasteiger charge is 2.21. The number of hydrogen-bond donors (Lipinski definition) is 0. The highest BCUT2D eigenvalue weighted by atomic mass is 15.2. The molecule has 0 N–H and O–H groups in total. The van der Waals surface area contributed by atoms with E-state index in [0.29, 0.717) is 0 Å². The molecular weight excluding hydrogens is 1230 g/mol. The highest BCUT2D eigenvalue weighted by Crippen LogP contribution is 2.45. The molecule has 4 nitrogen and oxygen atoms in total. The predicted molar refractivity (Wildman–Crippen MR) is 433 cm³/mol. The van der Waals surface area contributed by atoms with E-state index in [4.69, 9.17) is 0 Å². The fraction of sp³-hybridized carbons (Fsp3) is 0. The Labute approximate surface area is 597 Å². The van der Waals surface area contributed by atoms with Gasteiger partial charge in [-0.15, -0.1) is 0 Å². The zero-order valence-corrected chi connectivity index (χ0v) is 56.2. The number of anilines is 12. The van der Waals surface area contributed by atoms with Crippen molar-refractivity contribution < 1.29 is 0 Å². The lowest BCUT2D eigenvalue weighted by Gasteiger charge is -2.27. The molecule has 0 radical (unpaired) electrons. The van der Waals surface area contributed by atoms with Crippen LogP contribution in [0.1, 0.15) is 0 Å². The van der Waals surface area contributed by atoms with Gasteiger partial charge in [0, 0.05) is 67.6 Å². The fourth-order valence-electron chi connectivity index (χ4n) is 14.2. The van der Waals surface area contributed by atoms with Crippen LogP contribution in [0.2, 0.25) is 0 Å². The summed E-state index contributed by atoms with van der Waals surface area (Å²) >= 11 is 0. The molecule has 102 heavy (non-hydrogen) atoms. The Kier molecular flexibility index (Phi) is 17.1. The molecule has 0 saturated heterocycles. The van der Waals surface area contributed by atoms with E-state index in [0.717, 1.165) is 113 Å². The van der Waals surface area contributed by atoms with Crippen molar-refractivity contribution in [2.75, 3.05) is 19.6 Å². The summed E-state index contributed by atoms with van der Waals surface area (Å²) in [5.74, 6) is 0. The Morgan fingerprint density at radius 2 is 0.275 bits per heavy atom. The zero-order chi connectivity index (χ0) is 68.0. The number of fused-ring (bicyclic) bond motifs is 2. The maximum absolute atomic E-state index is 2.35. The molecule has 0 bridgehead atoms. The van der Waals surface area contributed by atoms with Gasteiger partial charge in [0.15, 0.2) is 0 Å². The number of nitrogens with zero attached hydrogens (tertiary/aromatic N) is 4. The van der Waals surface area contributed by atoms with Crippen LogP contribution in [-0.4, -0.2) is 0 Å². The number of benzene rings is 17. The Morgan fingerprint density at radius 3 is 0.520 bits per heavy atom. The van der Waals surface area contributed by atoms with Gasteiger partial charge in [0.1, 0.15) is 0 Å². The number of para-hydroxylation sites is 2. The van der Waals surface area contributed by atoms with E-state index in [1.807, 2.05) is 0 Å². The molecule has 0 spiro atoms. The molecule has 0 atom stereocenters. The molecule has 0 fully saturated rings. The van der Waals surface area contributed by atoms with E-state index in [2.05, 4.69) is 444 Å². The normalized spacial score (nSPS) is 11.1. The molecule has 482 valence electrons. The van der Waals surface area contributed by atoms with Crippen LogP contribution in [-0.2, 0) is 0 Å². The van der Waals surface area contributed by atoms with Gasteiger partial charge in [-0.25, -0.2) is 0 Å². The van der Waals surface area contributed by atoms with Gasteiger partial charge in [-0.1, -0.05) is 291 Å². The van der Waals surface area contributed by atoms with Crippen molar-refractivity contribution in [3.05, 3.63) is 425 Å². The number of hydrogen-bond acceptors (Lipinski definition) is 4. The molecule has 0 aliphatic carbocycles. The van der Waals surface area contributed by atoms with Gasteiger partial charge in [-0.2, -0.15) is 0 Å². The molecule has 4 heteroatoms. The van der Waals surface area contributed by atoms with Gasteiger partial charge in [0.05, 0.1) is 11.4 Å². The lowest BCUT2D eigenvalue weighted by molar-refractivity contribution is 1.28. The van der Waals surface area contributed by atoms with Gasteiger partial charge in [-0.3, -0.25) is 0 Å². The number of rotatable bonds is 18. The monoisotopic (exact) mass is 1300 g/mol. The van der Waals surface area contributed by atoms with Crippen molar-refractivity contribution in [3.63, 3.8) is 0 Å². The average molecular weight is 1300 g/mol. The lowest BCUT2D eigenvalue weighted by atomic mass is 9.99. The van der Waals surface area contributed by atoms with Gasteiger partial charge in [0.2, 0.25) is 0 Å². The summed E-state index contributed by atoms with van der Waals surface area (Å²) in [7, 11) is 0. The molecule has 0 unspecified atom stereocenters. The first-order chi connectivity index (χ1) is 50.6. The van der Waals surface area contributed by atoms with Gasteiger partial charge in [0.25, 0.3) is 0 Å². The summed E-state index contributed by atoms with van der Waals surface area (Å²) in [6.45, 7) is 0. The van der Waals surface area contributed by atoms with E-state index in [1.54, 1.807) is 0 Å². The SMILES string of the molecule is c1ccc(-c2ccc(N(c3ccc(-c4ccc(-c5ccc(N(c6ccc(-c7ccccc7)cc6)c6ccc(-c7ccc(N(c8ccccc8)c8cccc9ccccc89)cc7)cc6)cc5)cc4)cc3)c3ccc(-c4ccc(N(c5ccccc5)c5cccc6ccccc56)cc4)cc3)cc2)cc1. The van der Waals surface area contributed by atoms with Crippen LogP contribution in [0.4, 0.5) is 68.2 Å². The van der Waals surface area contributed by atoms with Crippen LogP contribution in [0.15, 0.2) is 425 Å². The van der Waals surface area contributed by atoms with E-state index in [1.165, 1.54) is 43.8 Å². The molecule has 17 rings (SSSR count). The van der Waals surface area contributed by atoms with Crippen molar-refractivity contribution in [3.8, 4) is 66.8 Å². The van der Waals surface area contributed by atoms with E-state index in [-0.39, 0.29) is 0 Å². The van der Waals surface area contributed by atoms with Crippen molar-refractivity contribution >= 4 is 89.8 Å². The molecule has 0 amide bonds. The molecule has 0 aliphatic heterocycles. The van der Waals surface area contributed by atoms with Crippen molar-refractivity contribution in [2.24, 2.45) is 0 Å². The summed E-state index contributed by atoms with van der Waals surface area (Å²) in [5, 5.41) is 4.84. The first kappa shape index (κ1) is 62.0. The molecule has 0 aliphatic rings. The topological polar surface area (TPSA) is 13.0 Å². The van der Waals surface area contributed by atoms with E-state index < -0.39 is 0 Å². The van der Waals surface area contributed by atoms with Crippen LogP contribution in [0.25, 0.3) is 88.3 Å². The Balaban J connectivity index is 0.628. The predicted octanol–water partition coefficient (Wildman–Crippen LogP) is 27.9. The Bertz CT molecular complexity index is 5290. The molecule has 0 heterocycles. The van der Waals surface area contributed by atoms with Crippen LogP contribution >= 0.6 is 0 Å². The quantitative estimate of drug-likeness (QED) is 0.0849. The molecule has 17 aromatic carbocycles. The summed E-state index contributed by atoms with van der Waals surface area (Å²) < 4.78 is 0. The van der Waals surface area contributed by atoms with Gasteiger partial charge in [-0.05, 0) is 211 Å². The summed E-state index contributed by atoms with van der Waals surface area (Å²) in [6, 6.07) is 153. The minimum absolute atomic E-state index is 1.07. The third-order valence-electron chi connectivity index (χ3n) is 19.5. The van der Waals surface area contributed by atoms with Crippen LogP contribution in [0, 0.1) is 0 Å². The van der Waals surface area contributed by atoms with Gasteiger partial charge >= 0.3 is 0 Å². The zero-order valence-electron chi connectivity index (χ0n) is 56.2. The third-order valence-corrected chi connectivity index (χ3v) is 19.5.